The molecule has 2 atom stereocenters. The molecule has 0 amide bonds. The molecule has 4 aliphatic carbocycles. The van der Waals surface area contributed by atoms with Gasteiger partial charge in [-0.2, -0.15) is 0 Å². The van der Waals surface area contributed by atoms with Crippen LogP contribution in [-0.2, 0) is 27.2 Å². The van der Waals surface area contributed by atoms with Crippen LogP contribution < -0.4 is 5.32 Å². The van der Waals surface area contributed by atoms with Crippen molar-refractivity contribution in [2.75, 3.05) is 18.5 Å². The highest BCUT2D eigenvalue weighted by Gasteiger charge is 2.58. The molecule has 4 saturated carbocycles. The summed E-state index contributed by atoms with van der Waals surface area (Å²) in [6, 6.07) is 9.74. The Morgan fingerprint density at radius 1 is 1.14 bits per heavy atom. The Morgan fingerprint density at radius 2 is 1.88 bits per heavy atom. The first-order chi connectivity index (χ1) is 20.9. The minimum Gasteiger partial charge on any atom is -0.464 e. The van der Waals surface area contributed by atoms with Gasteiger partial charge in [-0.1, -0.05) is 47.3 Å². The predicted molar refractivity (Wildman–Crippen MR) is 171 cm³/mol. The van der Waals surface area contributed by atoms with Crippen LogP contribution in [0.25, 0.3) is 16.9 Å². The number of anilines is 1. The summed E-state index contributed by atoms with van der Waals surface area (Å²) in [6.07, 6.45) is 13.2. The van der Waals surface area contributed by atoms with Crippen molar-refractivity contribution in [3.8, 4) is 5.69 Å². The maximum atomic E-state index is 13.1. The molecule has 1 spiro atoms. The lowest BCUT2D eigenvalue weighted by atomic mass is 9.58. The third kappa shape index (κ3) is 5.77. The number of rotatable bonds is 11. The number of aromatic nitrogens is 3. The Hall–Kier alpha value is -3.07. The number of carbonyl (C=O) groups is 2. The van der Waals surface area contributed by atoms with Gasteiger partial charge in [0.1, 0.15) is 16.2 Å². The van der Waals surface area contributed by atoms with Gasteiger partial charge in [0, 0.05) is 30.8 Å². The van der Waals surface area contributed by atoms with Crippen molar-refractivity contribution in [1.82, 2.24) is 14.5 Å². The molecule has 226 valence electrons. The molecule has 8 nitrogen and oxygen atoms in total. The van der Waals surface area contributed by atoms with Gasteiger partial charge in [-0.25, -0.2) is 14.8 Å². The molecule has 4 fully saturated rings. The van der Waals surface area contributed by atoms with E-state index in [-0.39, 0.29) is 11.8 Å². The maximum absolute atomic E-state index is 13.1. The molecule has 2 heterocycles. The predicted octanol–water partition coefficient (Wildman–Crippen LogP) is 6.41. The summed E-state index contributed by atoms with van der Waals surface area (Å²) in [4.78, 5) is 40.5. The molecular formula is C34H40BrN5O3. The first kappa shape index (κ1) is 28.7. The molecule has 2 aromatic heterocycles. The van der Waals surface area contributed by atoms with Crippen LogP contribution >= 0.6 is 15.9 Å². The summed E-state index contributed by atoms with van der Waals surface area (Å²) in [5, 5.41) is 3.53. The second-order valence-electron chi connectivity index (χ2n) is 12.9. The topological polar surface area (TPSA) is 98.5 Å². The van der Waals surface area contributed by atoms with E-state index in [2.05, 4.69) is 56.1 Å². The van der Waals surface area contributed by atoms with Crippen LogP contribution in [0.5, 0.6) is 0 Å². The van der Waals surface area contributed by atoms with Crippen molar-refractivity contribution in [1.29, 1.82) is 0 Å². The first-order valence-corrected chi connectivity index (χ1v) is 17.0. The fraction of sp³-hybridized carbons (Fsp3) is 0.559. The number of Topliss-reactive ketones (excluding diaryl/α,β-unsaturated/α-hetero) is 1. The van der Waals surface area contributed by atoms with Crippen LogP contribution in [-0.4, -0.2) is 56.0 Å². The lowest BCUT2D eigenvalue weighted by Crippen LogP contribution is -2.61. The number of nitrogens with zero attached hydrogens (tertiary/aromatic N) is 4. The van der Waals surface area contributed by atoms with Crippen molar-refractivity contribution >= 4 is 50.2 Å². The number of ketones is 1. The number of alkyl halides is 1. The van der Waals surface area contributed by atoms with Gasteiger partial charge >= 0.3 is 5.97 Å². The van der Waals surface area contributed by atoms with Crippen molar-refractivity contribution in [3.05, 3.63) is 47.9 Å². The molecule has 9 heteroatoms. The Morgan fingerprint density at radius 3 is 2.58 bits per heavy atom. The second-order valence-corrected chi connectivity index (χ2v) is 13.8. The number of benzene rings is 1. The Labute approximate surface area is 261 Å². The van der Waals surface area contributed by atoms with Crippen molar-refractivity contribution in [2.45, 2.75) is 88.4 Å². The van der Waals surface area contributed by atoms with Gasteiger partial charge in [0.15, 0.2) is 17.5 Å². The van der Waals surface area contributed by atoms with Crippen LogP contribution in [0.3, 0.4) is 0 Å². The zero-order valence-electron chi connectivity index (χ0n) is 24.9. The number of ether oxygens (including phenoxy) is 1. The second kappa shape index (κ2) is 11.8. The van der Waals surface area contributed by atoms with Crippen LogP contribution in [0.2, 0.25) is 0 Å². The van der Waals surface area contributed by atoms with Crippen molar-refractivity contribution in [3.63, 3.8) is 0 Å². The molecule has 7 rings (SSSR count). The van der Waals surface area contributed by atoms with Gasteiger partial charge in [-0.15, -0.1) is 0 Å². The molecule has 1 N–H and O–H groups in total. The number of fused-ring (bicyclic) bond motifs is 1. The highest BCUT2D eigenvalue weighted by atomic mass is 79.9. The number of hydrogen-bond acceptors (Lipinski definition) is 7. The fourth-order valence-electron chi connectivity index (χ4n) is 6.78. The largest absolute Gasteiger partial charge is 0.464 e. The quantitative estimate of drug-likeness (QED) is 0.191. The standard InChI is InChI=1S/C34H40BrN5O3/c1-2-43-33(42)27(39-30-29(35)31(41)34(30)14-4-3-5-15-34)16-21-10-12-25(13-11-21)40-28(17-22-6-7-22)38-26-18-24(20-37-32(26)40)36-19-23-8-9-23/h10-13,18,20,22-23,27,29,36H,2-9,14-17,19H2,1H3/t27-,29?/m0/s1. The molecule has 0 radical (unpaired) electrons. The minimum absolute atomic E-state index is 0.215. The number of hydrogen-bond donors (Lipinski definition) is 1. The van der Waals surface area contributed by atoms with Crippen LogP contribution in [0, 0.1) is 17.3 Å². The zero-order chi connectivity index (χ0) is 29.6. The van der Waals surface area contributed by atoms with Gasteiger partial charge in [0.25, 0.3) is 0 Å². The van der Waals surface area contributed by atoms with Crippen molar-refractivity contribution in [2.24, 2.45) is 22.2 Å². The third-order valence-electron chi connectivity index (χ3n) is 9.64. The van der Waals surface area contributed by atoms with E-state index >= 15 is 0 Å². The number of nitrogens with one attached hydrogen (secondary N) is 1. The lowest BCUT2D eigenvalue weighted by Gasteiger charge is -2.47. The maximum Gasteiger partial charge on any atom is 0.331 e. The molecule has 43 heavy (non-hydrogen) atoms. The molecule has 0 bridgehead atoms. The van der Waals surface area contributed by atoms with E-state index in [0.717, 1.165) is 90.6 Å². The SMILES string of the molecule is CCOC(=O)[C@H](Cc1ccc(-n2c(CC3CC3)nc3cc(NCC4CC4)cnc32)cc1)N=C1C(Br)C(=O)C12CCCCC2. The Bertz CT molecular complexity index is 1550. The van der Waals surface area contributed by atoms with E-state index in [1.165, 1.54) is 25.7 Å². The average Bonchev–Trinajstić information content (AvgIpc) is 3.97. The van der Waals surface area contributed by atoms with Gasteiger partial charge in [-0.05, 0) is 81.0 Å². The number of carbonyl (C=O) groups excluding carboxylic acids is 2. The molecule has 1 aromatic carbocycles. The van der Waals surface area contributed by atoms with Gasteiger partial charge in [-0.3, -0.25) is 14.4 Å². The first-order valence-electron chi connectivity index (χ1n) is 16.1. The van der Waals surface area contributed by atoms with Crippen LogP contribution in [0.15, 0.2) is 41.5 Å². The van der Waals surface area contributed by atoms with Crippen molar-refractivity contribution < 1.29 is 14.3 Å². The van der Waals surface area contributed by atoms with E-state index in [1.807, 2.05) is 13.1 Å². The summed E-state index contributed by atoms with van der Waals surface area (Å²) in [6.45, 7) is 3.11. The molecule has 1 unspecified atom stereocenters. The highest BCUT2D eigenvalue weighted by Crippen LogP contribution is 2.49. The Balaban J connectivity index is 1.15. The molecule has 3 aromatic rings. The van der Waals surface area contributed by atoms with Gasteiger partial charge in [0.2, 0.25) is 0 Å². The molecule has 4 aliphatic rings. The fourth-order valence-corrected chi connectivity index (χ4v) is 7.77. The normalized spacial score (nSPS) is 23.0. The highest BCUT2D eigenvalue weighted by molar-refractivity contribution is 9.10. The van der Waals surface area contributed by atoms with Gasteiger partial charge in [0.05, 0.1) is 23.9 Å². The molecule has 0 saturated heterocycles. The summed E-state index contributed by atoms with van der Waals surface area (Å²) >= 11 is 3.55. The zero-order valence-corrected chi connectivity index (χ0v) is 26.4. The Kier molecular flexibility index (Phi) is 7.86. The minimum atomic E-state index is -0.685. The van der Waals surface area contributed by atoms with E-state index in [1.54, 1.807) is 0 Å². The van der Waals surface area contributed by atoms with E-state index in [0.29, 0.717) is 18.9 Å². The monoisotopic (exact) mass is 645 g/mol. The third-order valence-corrected chi connectivity index (χ3v) is 10.5. The van der Waals surface area contributed by atoms with Crippen LogP contribution in [0.1, 0.15) is 76.1 Å². The summed E-state index contributed by atoms with van der Waals surface area (Å²) in [5.74, 6) is 2.40. The van der Waals surface area contributed by atoms with E-state index < -0.39 is 16.3 Å². The number of esters is 1. The number of imidazole rings is 1. The van der Waals surface area contributed by atoms with E-state index in [4.69, 9.17) is 19.7 Å². The van der Waals surface area contributed by atoms with Crippen LogP contribution in [0.4, 0.5) is 5.69 Å². The number of aliphatic imine (C=N–C) groups is 1. The molecule has 0 aliphatic heterocycles. The summed E-state index contributed by atoms with van der Waals surface area (Å²) < 4.78 is 7.63. The molecular weight excluding hydrogens is 606 g/mol. The average molecular weight is 647 g/mol. The number of pyridine rings is 1. The smallest absolute Gasteiger partial charge is 0.331 e. The lowest BCUT2D eigenvalue weighted by molar-refractivity contribution is -0.144. The summed E-state index contributed by atoms with van der Waals surface area (Å²) in [7, 11) is 0. The van der Waals surface area contributed by atoms with E-state index in [9.17, 15) is 9.59 Å². The van der Waals surface area contributed by atoms with Gasteiger partial charge < -0.3 is 10.1 Å². The summed E-state index contributed by atoms with van der Waals surface area (Å²) in [5.41, 5.74) is 5.15. The number of halogens is 1.